The highest BCUT2D eigenvalue weighted by molar-refractivity contribution is 5.75. The minimum Gasteiger partial charge on any atom is -0.462 e. The van der Waals surface area contributed by atoms with E-state index in [0.717, 1.165) is 19.1 Å². The molecule has 0 saturated heterocycles. The van der Waals surface area contributed by atoms with Gasteiger partial charge in [-0.05, 0) is 78.1 Å². The largest absolute Gasteiger partial charge is 0.462 e. The number of aldehydes is 1. The smallest absolute Gasteiger partial charge is 0.302 e. The minimum atomic E-state index is -0.427. The van der Waals surface area contributed by atoms with Gasteiger partial charge in [-0.3, -0.25) is 9.59 Å². The minimum absolute atomic E-state index is 0.0803. The molecule has 0 bridgehead atoms. The second-order valence-corrected chi connectivity index (χ2v) is 12.5. The Morgan fingerprint density at radius 3 is 2.39 bits per heavy atom. The number of carbonyl (C=O) groups excluding carboxylic acids is 2. The van der Waals surface area contributed by atoms with Crippen molar-refractivity contribution >= 4 is 12.3 Å². The van der Waals surface area contributed by atoms with Crippen LogP contribution in [0.15, 0.2) is 11.6 Å². The van der Waals surface area contributed by atoms with Gasteiger partial charge in [-0.25, -0.2) is 0 Å². The fraction of sp³-hybridized carbons (Fsp3) is 0.852. The van der Waals surface area contributed by atoms with Gasteiger partial charge in [0.05, 0.1) is 6.61 Å². The highest BCUT2D eigenvalue weighted by Crippen LogP contribution is 2.73. The first kappa shape index (κ1) is 23.0. The highest BCUT2D eigenvalue weighted by atomic mass is 16.5. The third kappa shape index (κ3) is 3.10. The van der Waals surface area contributed by atoms with E-state index >= 15 is 0 Å². The number of ether oxygens (including phenoxy) is 1. The van der Waals surface area contributed by atoms with Crippen LogP contribution in [0.25, 0.3) is 0 Å². The predicted octanol–water partition coefficient (Wildman–Crippen LogP) is 5.33. The monoisotopic (exact) mass is 430 g/mol. The first-order valence-corrected chi connectivity index (χ1v) is 12.4. The van der Waals surface area contributed by atoms with Crippen LogP contribution in [0.5, 0.6) is 0 Å². The molecule has 3 fully saturated rings. The molecule has 3 saturated carbocycles. The lowest BCUT2D eigenvalue weighted by atomic mass is 9.34. The molecule has 4 aliphatic carbocycles. The number of carbonyl (C=O) groups is 2. The Morgan fingerprint density at radius 1 is 1.10 bits per heavy atom. The molecular formula is C27H42O4. The van der Waals surface area contributed by atoms with Gasteiger partial charge in [-0.2, -0.15) is 0 Å². The molecule has 8 atom stereocenters. The van der Waals surface area contributed by atoms with Gasteiger partial charge in [0.1, 0.15) is 12.4 Å². The molecule has 0 aromatic carbocycles. The summed E-state index contributed by atoms with van der Waals surface area (Å²) in [6.07, 6.45) is 10.6. The van der Waals surface area contributed by atoms with Crippen molar-refractivity contribution in [3.05, 3.63) is 11.6 Å². The van der Waals surface area contributed by atoms with Crippen LogP contribution < -0.4 is 0 Å². The molecule has 0 aromatic heterocycles. The van der Waals surface area contributed by atoms with Gasteiger partial charge in [0.15, 0.2) is 0 Å². The highest BCUT2D eigenvalue weighted by Gasteiger charge is 2.68. The average molecular weight is 431 g/mol. The maximum atomic E-state index is 12.2. The molecule has 0 spiro atoms. The van der Waals surface area contributed by atoms with E-state index in [1.165, 1.54) is 39.0 Å². The number of hydrogen-bond acceptors (Lipinski definition) is 4. The van der Waals surface area contributed by atoms with Gasteiger partial charge in [-0.1, -0.05) is 47.1 Å². The summed E-state index contributed by atoms with van der Waals surface area (Å²) in [4.78, 5) is 24.1. The summed E-state index contributed by atoms with van der Waals surface area (Å²) in [6, 6.07) is 0. The van der Waals surface area contributed by atoms with Crippen molar-refractivity contribution in [3.8, 4) is 0 Å². The number of rotatable bonds is 3. The summed E-state index contributed by atoms with van der Waals surface area (Å²) in [5, 5.41) is 10.4. The fourth-order valence-electron chi connectivity index (χ4n) is 9.60. The standard InChI is InChI=1S/C27H42O4/c1-17(30)31-23-14-22-25(4)12-7-11-24(2,3)20(25)10-13-26(22,5)21-9-8-18(15-28)19(16-29)27(21,23)6/h8,15,19-23,29H,7,9-14,16H2,1-6H3/t19-,20?,21-,22+,23-,25-,26-,27+/m0/s1. The zero-order valence-electron chi connectivity index (χ0n) is 20.4. The molecule has 1 N–H and O–H groups in total. The molecule has 31 heavy (non-hydrogen) atoms. The zero-order valence-corrected chi connectivity index (χ0v) is 20.4. The van der Waals surface area contributed by atoms with Gasteiger partial charge >= 0.3 is 5.97 Å². The quantitative estimate of drug-likeness (QED) is 0.485. The molecule has 0 amide bonds. The van der Waals surface area contributed by atoms with Gasteiger partial charge < -0.3 is 9.84 Å². The van der Waals surface area contributed by atoms with Crippen LogP contribution in [0, 0.1) is 45.3 Å². The summed E-state index contributed by atoms with van der Waals surface area (Å²) in [5.41, 5.74) is 0.945. The van der Waals surface area contributed by atoms with Crippen LogP contribution in [0.3, 0.4) is 0 Å². The summed E-state index contributed by atoms with van der Waals surface area (Å²) in [5.74, 6) is 0.915. The van der Waals surface area contributed by atoms with Gasteiger partial charge in [0.2, 0.25) is 0 Å². The van der Waals surface area contributed by atoms with E-state index in [-0.39, 0.29) is 41.3 Å². The molecule has 0 heterocycles. The van der Waals surface area contributed by atoms with Crippen LogP contribution in [0.1, 0.15) is 86.5 Å². The molecule has 4 nitrogen and oxygen atoms in total. The molecule has 4 rings (SSSR count). The van der Waals surface area contributed by atoms with E-state index in [0.29, 0.717) is 22.8 Å². The Bertz CT molecular complexity index is 784. The first-order chi connectivity index (χ1) is 14.4. The number of fused-ring (bicyclic) bond motifs is 5. The van der Waals surface area contributed by atoms with E-state index < -0.39 is 5.41 Å². The van der Waals surface area contributed by atoms with Crippen LogP contribution >= 0.6 is 0 Å². The molecular weight excluding hydrogens is 388 g/mol. The van der Waals surface area contributed by atoms with E-state index in [9.17, 15) is 14.7 Å². The van der Waals surface area contributed by atoms with Gasteiger partial charge in [0, 0.05) is 18.3 Å². The van der Waals surface area contributed by atoms with E-state index in [4.69, 9.17) is 4.74 Å². The first-order valence-electron chi connectivity index (χ1n) is 12.4. The summed E-state index contributed by atoms with van der Waals surface area (Å²) < 4.78 is 6.07. The summed E-state index contributed by atoms with van der Waals surface area (Å²) >= 11 is 0. The lowest BCUT2D eigenvalue weighted by molar-refractivity contribution is -0.242. The normalized spacial score (nSPS) is 48.5. The van der Waals surface area contributed by atoms with Gasteiger partial charge in [-0.15, -0.1) is 0 Å². The lowest BCUT2D eigenvalue weighted by Gasteiger charge is -2.70. The maximum absolute atomic E-state index is 12.2. The van der Waals surface area contributed by atoms with Crippen molar-refractivity contribution in [2.24, 2.45) is 45.3 Å². The van der Waals surface area contributed by atoms with Crippen LogP contribution in [0.4, 0.5) is 0 Å². The third-order valence-electron chi connectivity index (χ3n) is 10.9. The Kier molecular flexibility index (Phi) is 5.52. The van der Waals surface area contributed by atoms with Crippen molar-refractivity contribution in [2.45, 2.75) is 92.6 Å². The molecule has 0 aliphatic heterocycles. The van der Waals surface area contributed by atoms with E-state index in [1.54, 1.807) is 0 Å². The Balaban J connectivity index is 1.84. The van der Waals surface area contributed by atoms with Crippen LogP contribution in [-0.4, -0.2) is 30.1 Å². The van der Waals surface area contributed by atoms with Crippen LogP contribution in [-0.2, 0) is 14.3 Å². The van der Waals surface area contributed by atoms with Gasteiger partial charge in [0.25, 0.3) is 0 Å². The average Bonchev–Trinajstić information content (AvgIpc) is 2.67. The molecule has 0 aromatic rings. The predicted molar refractivity (Wildman–Crippen MR) is 121 cm³/mol. The Hall–Kier alpha value is -1.16. The topological polar surface area (TPSA) is 63.6 Å². The second kappa shape index (κ2) is 7.43. The SMILES string of the molecule is CC(=O)O[C@H]1C[C@H]2[C@@](C)(CCC3C(C)(C)CCC[C@@]32C)[C@@H]2CC=C(C=O)[C@H](CO)[C@@]12C. The number of aliphatic hydroxyl groups is 1. The van der Waals surface area contributed by atoms with Crippen molar-refractivity contribution in [3.63, 3.8) is 0 Å². The van der Waals surface area contributed by atoms with Crippen molar-refractivity contribution in [1.29, 1.82) is 0 Å². The fourth-order valence-corrected chi connectivity index (χ4v) is 9.60. The molecule has 4 aliphatic rings. The summed E-state index contributed by atoms with van der Waals surface area (Å²) in [6.45, 7) is 13.5. The molecule has 174 valence electrons. The van der Waals surface area contributed by atoms with E-state index in [1.807, 2.05) is 0 Å². The second-order valence-electron chi connectivity index (χ2n) is 12.5. The number of allylic oxidation sites excluding steroid dienone is 1. The lowest BCUT2D eigenvalue weighted by Crippen LogP contribution is -2.67. The van der Waals surface area contributed by atoms with Crippen LogP contribution in [0.2, 0.25) is 0 Å². The zero-order chi connectivity index (χ0) is 22.8. The number of hydrogen-bond donors (Lipinski definition) is 1. The molecule has 0 radical (unpaired) electrons. The van der Waals surface area contributed by atoms with E-state index in [2.05, 4.69) is 40.7 Å². The number of aliphatic hydroxyl groups excluding tert-OH is 1. The van der Waals surface area contributed by atoms with Crippen molar-refractivity contribution < 1.29 is 19.4 Å². The Morgan fingerprint density at radius 2 is 1.77 bits per heavy atom. The maximum Gasteiger partial charge on any atom is 0.302 e. The van der Waals surface area contributed by atoms with Crippen molar-refractivity contribution in [2.75, 3.05) is 6.61 Å². The van der Waals surface area contributed by atoms with Crippen molar-refractivity contribution in [1.82, 2.24) is 0 Å². The third-order valence-corrected chi connectivity index (χ3v) is 10.9. The molecule has 1 unspecified atom stereocenters. The molecule has 4 heteroatoms. The summed E-state index contributed by atoms with van der Waals surface area (Å²) in [7, 11) is 0. The number of esters is 1. The Labute approximate surface area is 188 Å².